The number of carbonyl (C=O) groups excluding carboxylic acids is 1. The maximum Gasteiger partial charge on any atom is 0.240 e. The van der Waals surface area contributed by atoms with E-state index < -0.39 is 5.72 Å². The van der Waals surface area contributed by atoms with Gasteiger partial charge in [0.1, 0.15) is 30.4 Å². The molecule has 166 valence electrons. The molecule has 2 aromatic carbocycles. The van der Waals surface area contributed by atoms with Crippen LogP contribution in [-0.4, -0.2) is 42.2 Å². The van der Waals surface area contributed by atoms with Gasteiger partial charge in [0.15, 0.2) is 0 Å². The third-order valence-electron chi connectivity index (χ3n) is 4.88. The molecule has 1 amide bonds. The first-order valence-electron chi connectivity index (χ1n) is 10.2. The van der Waals surface area contributed by atoms with Crippen molar-refractivity contribution in [2.45, 2.75) is 32.9 Å². The topological polar surface area (TPSA) is 92.2 Å². The van der Waals surface area contributed by atoms with Gasteiger partial charge in [-0.05, 0) is 61.4 Å². The van der Waals surface area contributed by atoms with Gasteiger partial charge >= 0.3 is 0 Å². The number of rotatable bonds is 9. The molecular weight excluding hydrogens is 418 g/mol. The molecule has 2 aromatic rings. The lowest BCUT2D eigenvalue weighted by Crippen LogP contribution is -2.48. The lowest BCUT2D eigenvalue weighted by molar-refractivity contribution is -0.121. The minimum absolute atomic E-state index is 0.0434. The molecule has 7 nitrogen and oxygen atoms in total. The normalized spacial score (nSPS) is 18.0. The minimum atomic E-state index is -1.24. The first-order chi connectivity index (χ1) is 14.7. The Hall–Kier alpha value is -2.61. The lowest BCUT2D eigenvalue weighted by Gasteiger charge is -2.25. The highest BCUT2D eigenvalue weighted by molar-refractivity contribution is 6.32. The average Bonchev–Trinajstić information content (AvgIpc) is 2.73. The van der Waals surface area contributed by atoms with Crippen molar-refractivity contribution in [2.75, 3.05) is 19.8 Å². The Morgan fingerprint density at radius 3 is 2.71 bits per heavy atom. The van der Waals surface area contributed by atoms with Gasteiger partial charge in [-0.1, -0.05) is 24.6 Å². The van der Waals surface area contributed by atoms with Gasteiger partial charge in [-0.15, -0.1) is 0 Å². The van der Waals surface area contributed by atoms with Crippen molar-refractivity contribution in [3.8, 4) is 11.5 Å². The Morgan fingerprint density at radius 1 is 1.26 bits per heavy atom. The predicted octanol–water partition coefficient (Wildman–Crippen LogP) is 3.26. The van der Waals surface area contributed by atoms with E-state index >= 15 is 0 Å². The number of nitrogens with one attached hydrogen (secondary N) is 2. The summed E-state index contributed by atoms with van der Waals surface area (Å²) < 4.78 is 11.4. The van der Waals surface area contributed by atoms with Crippen molar-refractivity contribution < 1.29 is 19.4 Å². The fourth-order valence-electron chi connectivity index (χ4n) is 3.20. The largest absolute Gasteiger partial charge is 0.492 e. The Balaban J connectivity index is 1.43. The van der Waals surface area contributed by atoms with Gasteiger partial charge < -0.3 is 14.6 Å². The zero-order valence-electron chi connectivity index (χ0n) is 17.9. The summed E-state index contributed by atoms with van der Waals surface area (Å²) in [6.07, 6.45) is 0.433. The van der Waals surface area contributed by atoms with Crippen LogP contribution in [0, 0.1) is 12.8 Å². The van der Waals surface area contributed by atoms with Gasteiger partial charge in [0.2, 0.25) is 5.91 Å². The van der Waals surface area contributed by atoms with Crippen LogP contribution < -0.4 is 20.2 Å². The highest BCUT2D eigenvalue weighted by Crippen LogP contribution is 2.26. The van der Waals surface area contributed by atoms with E-state index in [0.717, 1.165) is 16.8 Å². The summed E-state index contributed by atoms with van der Waals surface area (Å²) in [7, 11) is 0. The van der Waals surface area contributed by atoms with Crippen molar-refractivity contribution in [3.05, 3.63) is 58.6 Å². The smallest absolute Gasteiger partial charge is 0.240 e. The number of ether oxygens (including phenoxy) is 2. The number of amides is 1. The number of nitrogens with zero attached hydrogens (tertiary/aromatic N) is 1. The van der Waals surface area contributed by atoms with Crippen LogP contribution in [0.2, 0.25) is 5.02 Å². The summed E-state index contributed by atoms with van der Waals surface area (Å²) in [4.78, 5) is 11.4. The molecule has 1 heterocycles. The highest BCUT2D eigenvalue weighted by atomic mass is 35.5. The van der Waals surface area contributed by atoms with Crippen LogP contribution in [0.3, 0.4) is 0 Å². The van der Waals surface area contributed by atoms with Crippen molar-refractivity contribution >= 4 is 23.2 Å². The first kappa shape index (κ1) is 23.1. The third kappa shape index (κ3) is 6.69. The Kier molecular flexibility index (Phi) is 7.54. The number of halogens is 1. The number of hydrogen-bond acceptors (Lipinski definition) is 6. The van der Waals surface area contributed by atoms with Crippen LogP contribution in [0.5, 0.6) is 11.5 Å². The van der Waals surface area contributed by atoms with Gasteiger partial charge in [0, 0.05) is 18.9 Å². The van der Waals surface area contributed by atoms with E-state index in [1.54, 1.807) is 13.0 Å². The summed E-state index contributed by atoms with van der Waals surface area (Å²) >= 11 is 6.12. The summed E-state index contributed by atoms with van der Waals surface area (Å²) in [5.74, 6) is 1.26. The molecule has 0 aromatic heterocycles. The summed E-state index contributed by atoms with van der Waals surface area (Å²) in [6, 6.07) is 13.1. The van der Waals surface area contributed by atoms with Crippen molar-refractivity contribution in [2.24, 2.45) is 11.0 Å². The Labute approximate surface area is 187 Å². The molecular formula is C23H28ClN3O4. The summed E-state index contributed by atoms with van der Waals surface area (Å²) in [5, 5.41) is 18.2. The van der Waals surface area contributed by atoms with Crippen molar-refractivity contribution in [1.82, 2.24) is 10.7 Å². The van der Waals surface area contributed by atoms with E-state index in [4.69, 9.17) is 21.1 Å². The average molecular weight is 446 g/mol. The monoisotopic (exact) mass is 445 g/mol. The quantitative estimate of drug-likeness (QED) is 0.407. The summed E-state index contributed by atoms with van der Waals surface area (Å²) in [5.41, 5.74) is 4.13. The zero-order valence-corrected chi connectivity index (χ0v) is 18.7. The fourth-order valence-corrected chi connectivity index (χ4v) is 3.38. The van der Waals surface area contributed by atoms with Crippen molar-refractivity contribution in [1.29, 1.82) is 0 Å². The molecule has 0 aliphatic carbocycles. The standard InChI is InChI=1S/C23H28ClN3O4/c1-15-4-9-19(24)20(12-15)31-14-23(3,29)25-10-11-30-18-7-5-17(6-8-18)22-16(2)13-21(28)26-27-22/h4-9,12,16,25,29H,10-11,13-14H2,1-3H3,(H,26,28). The van der Waals surface area contributed by atoms with Gasteiger partial charge in [-0.3, -0.25) is 10.1 Å². The minimum Gasteiger partial charge on any atom is -0.492 e. The van der Waals surface area contributed by atoms with E-state index in [2.05, 4.69) is 15.8 Å². The number of hydrazone groups is 1. The molecule has 0 saturated heterocycles. The Morgan fingerprint density at radius 2 is 2.00 bits per heavy atom. The van der Waals surface area contributed by atoms with Crippen LogP contribution in [0.1, 0.15) is 31.4 Å². The molecule has 3 rings (SSSR count). The molecule has 31 heavy (non-hydrogen) atoms. The van der Waals surface area contributed by atoms with Crippen LogP contribution in [0.25, 0.3) is 0 Å². The number of benzene rings is 2. The number of aryl methyl sites for hydroxylation is 1. The number of carbonyl (C=O) groups is 1. The molecule has 3 N–H and O–H groups in total. The maximum absolute atomic E-state index is 11.4. The van der Waals surface area contributed by atoms with Crippen molar-refractivity contribution in [3.63, 3.8) is 0 Å². The molecule has 8 heteroatoms. The molecule has 2 unspecified atom stereocenters. The second kappa shape index (κ2) is 10.1. The highest BCUT2D eigenvalue weighted by Gasteiger charge is 2.22. The molecule has 1 aliphatic rings. The van der Waals surface area contributed by atoms with Gasteiger partial charge in [-0.25, -0.2) is 5.43 Å². The number of hydrogen-bond donors (Lipinski definition) is 3. The molecule has 2 atom stereocenters. The van der Waals surface area contributed by atoms with E-state index in [9.17, 15) is 9.90 Å². The van der Waals surface area contributed by atoms with E-state index in [1.807, 2.05) is 50.2 Å². The fraction of sp³-hybridized carbons (Fsp3) is 0.391. The van der Waals surface area contributed by atoms with E-state index in [0.29, 0.717) is 36.1 Å². The maximum atomic E-state index is 11.4. The van der Waals surface area contributed by atoms with E-state index in [1.165, 1.54) is 0 Å². The van der Waals surface area contributed by atoms with E-state index in [-0.39, 0.29) is 18.4 Å². The van der Waals surface area contributed by atoms with Crippen LogP contribution >= 0.6 is 11.6 Å². The first-order valence-corrected chi connectivity index (χ1v) is 10.6. The zero-order chi connectivity index (χ0) is 22.4. The van der Waals surface area contributed by atoms with Crippen LogP contribution in [0.4, 0.5) is 0 Å². The van der Waals surface area contributed by atoms with Gasteiger partial charge in [0.25, 0.3) is 0 Å². The Bertz CT molecular complexity index is 944. The second-order valence-electron chi connectivity index (χ2n) is 7.93. The molecule has 0 spiro atoms. The second-order valence-corrected chi connectivity index (χ2v) is 8.34. The molecule has 0 bridgehead atoms. The summed E-state index contributed by atoms with van der Waals surface area (Å²) in [6.45, 7) is 6.40. The molecule has 0 fully saturated rings. The molecule has 1 aliphatic heterocycles. The van der Waals surface area contributed by atoms with Crippen LogP contribution in [-0.2, 0) is 4.79 Å². The van der Waals surface area contributed by atoms with Crippen LogP contribution in [0.15, 0.2) is 47.6 Å². The SMILES string of the molecule is Cc1ccc(Cl)c(OCC(C)(O)NCCOc2ccc(C3=NNC(=O)CC3C)cc2)c1. The predicted molar refractivity (Wildman–Crippen MR) is 121 cm³/mol. The molecule has 0 saturated carbocycles. The number of aliphatic hydroxyl groups is 1. The third-order valence-corrected chi connectivity index (χ3v) is 5.19. The van der Waals surface area contributed by atoms with Gasteiger partial charge in [0.05, 0.1) is 10.7 Å². The lowest BCUT2D eigenvalue weighted by atomic mass is 9.94. The van der Waals surface area contributed by atoms with Gasteiger partial charge in [-0.2, -0.15) is 5.10 Å². The molecule has 0 radical (unpaired) electrons.